The van der Waals surface area contributed by atoms with Gasteiger partial charge in [-0.15, -0.1) is 0 Å². The Balaban J connectivity index is 1.16. The summed E-state index contributed by atoms with van der Waals surface area (Å²) in [5, 5.41) is 13.8. The van der Waals surface area contributed by atoms with Crippen LogP contribution in [-0.4, -0.2) is 83.0 Å². The Morgan fingerprint density at radius 2 is 2.09 bits per heavy atom. The molecule has 0 bridgehead atoms. The predicted molar refractivity (Wildman–Crippen MR) is 125 cm³/mol. The summed E-state index contributed by atoms with van der Waals surface area (Å²) < 4.78 is 27.9. The van der Waals surface area contributed by atoms with E-state index in [9.17, 15) is 5.11 Å². The first-order valence-corrected chi connectivity index (χ1v) is 12.0. The number of aryl methyl sites for hydroxylation is 1. The van der Waals surface area contributed by atoms with E-state index in [-0.39, 0.29) is 31.0 Å². The quantitative estimate of drug-likeness (QED) is 0.392. The predicted octanol–water partition coefficient (Wildman–Crippen LogP) is 2.04. The maximum absolute atomic E-state index is 9.92. The Morgan fingerprint density at radius 1 is 1.20 bits per heavy atom. The summed E-state index contributed by atoms with van der Waals surface area (Å²) in [7, 11) is 1.64. The molecule has 2 aliphatic heterocycles. The molecule has 12 heteroatoms. The molecule has 11 nitrogen and oxygen atoms in total. The van der Waals surface area contributed by atoms with E-state index in [0.29, 0.717) is 47.8 Å². The van der Waals surface area contributed by atoms with Crippen LogP contribution in [0.15, 0.2) is 18.3 Å². The minimum atomic E-state index is -0.636. The van der Waals surface area contributed by atoms with Gasteiger partial charge in [0.15, 0.2) is 11.8 Å². The fraction of sp³-hybridized carbons (Fsp3) is 0.522. The van der Waals surface area contributed by atoms with Gasteiger partial charge >= 0.3 is 0 Å². The number of H-pyrrole nitrogens is 1. The van der Waals surface area contributed by atoms with Crippen molar-refractivity contribution in [3.05, 3.63) is 34.6 Å². The van der Waals surface area contributed by atoms with Gasteiger partial charge in [0.05, 0.1) is 48.3 Å². The molecule has 0 spiro atoms. The second-order valence-electron chi connectivity index (χ2n) is 8.84. The van der Waals surface area contributed by atoms with E-state index in [1.807, 2.05) is 6.07 Å². The first-order chi connectivity index (χ1) is 17.1. The van der Waals surface area contributed by atoms with E-state index in [1.165, 1.54) is 0 Å². The van der Waals surface area contributed by atoms with E-state index in [1.54, 1.807) is 19.4 Å². The molecule has 0 amide bonds. The maximum atomic E-state index is 9.92. The Kier molecular flexibility index (Phi) is 6.11. The molecule has 3 aliphatic rings. The van der Waals surface area contributed by atoms with E-state index in [4.69, 9.17) is 35.3 Å². The van der Waals surface area contributed by atoms with Crippen molar-refractivity contribution < 1.29 is 28.8 Å². The first kappa shape index (κ1) is 22.7. The molecule has 1 aliphatic carbocycles. The molecule has 2 saturated heterocycles. The highest BCUT2D eigenvalue weighted by Gasteiger charge is 2.48. The number of ether oxygens (including phenoxy) is 5. The molecule has 0 aromatic carbocycles. The van der Waals surface area contributed by atoms with Crippen LogP contribution in [0.1, 0.15) is 23.7 Å². The molecule has 5 heterocycles. The molecule has 5 atom stereocenters. The fourth-order valence-electron chi connectivity index (χ4n) is 4.82. The van der Waals surface area contributed by atoms with Gasteiger partial charge < -0.3 is 39.1 Å². The molecule has 35 heavy (non-hydrogen) atoms. The minimum absolute atomic E-state index is 0.0198. The molecule has 186 valence electrons. The van der Waals surface area contributed by atoms with Gasteiger partial charge in [-0.1, -0.05) is 11.6 Å². The van der Waals surface area contributed by atoms with Crippen molar-refractivity contribution >= 4 is 28.6 Å². The number of aliphatic hydroxyl groups excluding tert-OH is 1. The van der Waals surface area contributed by atoms with E-state index in [2.05, 4.69) is 25.3 Å². The normalized spacial score (nSPS) is 27.2. The van der Waals surface area contributed by atoms with Gasteiger partial charge in [-0.05, 0) is 30.5 Å². The van der Waals surface area contributed by atoms with Crippen molar-refractivity contribution in [2.75, 3.05) is 38.9 Å². The smallest absolute Gasteiger partial charge is 0.296 e. The summed E-state index contributed by atoms with van der Waals surface area (Å²) in [6, 6.07) is 4.08. The minimum Gasteiger partial charge on any atom is -0.490 e. The van der Waals surface area contributed by atoms with Crippen LogP contribution in [0.5, 0.6) is 11.8 Å². The van der Waals surface area contributed by atoms with Gasteiger partial charge in [-0.25, -0.2) is 4.98 Å². The molecule has 2 fully saturated rings. The van der Waals surface area contributed by atoms with Crippen LogP contribution < -0.4 is 14.8 Å². The Hall–Kier alpha value is -2.70. The zero-order chi connectivity index (χ0) is 23.9. The number of rotatable bonds is 8. The number of pyridine rings is 2. The largest absolute Gasteiger partial charge is 0.490 e. The number of hydrogen-bond donors (Lipinski definition) is 3. The molecule has 0 radical (unpaired) electrons. The van der Waals surface area contributed by atoms with Gasteiger partial charge in [0.1, 0.15) is 36.5 Å². The molecule has 0 saturated carbocycles. The topological polar surface area (TPSA) is 133 Å². The van der Waals surface area contributed by atoms with Crippen LogP contribution in [0.25, 0.3) is 11.2 Å². The number of fused-ring (bicyclic) bond motifs is 3. The Morgan fingerprint density at radius 3 is 2.97 bits per heavy atom. The Labute approximate surface area is 206 Å². The number of methoxy groups -OCH3 is 1. The van der Waals surface area contributed by atoms with Crippen LogP contribution in [0.2, 0.25) is 5.02 Å². The third kappa shape index (κ3) is 4.38. The van der Waals surface area contributed by atoms with Crippen LogP contribution >= 0.6 is 11.6 Å². The molecule has 2 unspecified atom stereocenters. The summed E-state index contributed by atoms with van der Waals surface area (Å²) >= 11 is 6.54. The maximum Gasteiger partial charge on any atom is 0.296 e. The zero-order valence-electron chi connectivity index (χ0n) is 19.1. The van der Waals surface area contributed by atoms with Gasteiger partial charge in [-0.2, -0.15) is 4.98 Å². The third-order valence-corrected chi connectivity index (χ3v) is 6.81. The standard InChI is InChI=1S/C23H26ClN5O6/c1-31-4-5-32-12-6-11-2-3-14(18(11)25-8-12)26-21-13(24)7-15-22(28-21)29-23(27-15)35-17-10-34-19-16(30)9-33-20(17)19/h6-8,14,16-17,19-20,30H,2-5,9-10H2,1H3,(H2,26,27,28,29)/t14?,16-,17-,19?,20-/m1/s1. The zero-order valence-corrected chi connectivity index (χ0v) is 19.8. The fourth-order valence-corrected chi connectivity index (χ4v) is 5.02. The highest BCUT2D eigenvalue weighted by atomic mass is 35.5. The van der Waals surface area contributed by atoms with Gasteiger partial charge in [0, 0.05) is 7.11 Å². The SMILES string of the molecule is COCCOc1cnc2c(c1)CCC2Nc1nc2nc(O[C@@H]3COC4[C@H](O)CO[C@@H]43)[nH]c2cc1Cl. The second-order valence-corrected chi connectivity index (χ2v) is 9.25. The van der Waals surface area contributed by atoms with E-state index >= 15 is 0 Å². The number of hydrogen-bond acceptors (Lipinski definition) is 10. The summed E-state index contributed by atoms with van der Waals surface area (Å²) in [6.07, 6.45) is 1.78. The van der Waals surface area contributed by atoms with E-state index in [0.717, 1.165) is 29.8 Å². The lowest BCUT2D eigenvalue weighted by molar-refractivity contribution is 0.00706. The number of nitrogens with one attached hydrogen (secondary N) is 2. The van der Waals surface area contributed by atoms with Crippen molar-refractivity contribution in [1.29, 1.82) is 0 Å². The third-order valence-electron chi connectivity index (χ3n) is 6.53. The van der Waals surface area contributed by atoms with Gasteiger partial charge in [0.25, 0.3) is 6.01 Å². The molecule has 6 rings (SSSR count). The van der Waals surface area contributed by atoms with Crippen molar-refractivity contribution in [2.45, 2.75) is 43.3 Å². The monoisotopic (exact) mass is 503 g/mol. The lowest BCUT2D eigenvalue weighted by atomic mass is 10.1. The van der Waals surface area contributed by atoms with Crippen LogP contribution in [0.4, 0.5) is 5.82 Å². The number of halogens is 1. The van der Waals surface area contributed by atoms with Crippen molar-refractivity contribution in [3.8, 4) is 11.8 Å². The van der Waals surface area contributed by atoms with Crippen molar-refractivity contribution in [3.63, 3.8) is 0 Å². The van der Waals surface area contributed by atoms with Crippen molar-refractivity contribution in [1.82, 2.24) is 19.9 Å². The molecule has 3 aromatic rings. The summed E-state index contributed by atoms with van der Waals surface area (Å²) in [4.78, 5) is 16.8. The summed E-state index contributed by atoms with van der Waals surface area (Å²) in [5.74, 6) is 1.27. The number of aliphatic hydroxyl groups is 1. The van der Waals surface area contributed by atoms with Gasteiger partial charge in [0.2, 0.25) is 0 Å². The molecule has 3 aromatic heterocycles. The Bertz CT molecular complexity index is 1220. The number of nitrogens with zero attached hydrogens (tertiary/aromatic N) is 3. The van der Waals surface area contributed by atoms with Crippen LogP contribution in [0, 0.1) is 0 Å². The number of aromatic nitrogens is 4. The highest BCUT2D eigenvalue weighted by molar-refractivity contribution is 6.33. The lowest BCUT2D eigenvalue weighted by Crippen LogP contribution is -2.34. The number of imidazole rings is 1. The average molecular weight is 504 g/mol. The van der Waals surface area contributed by atoms with Crippen molar-refractivity contribution in [2.24, 2.45) is 0 Å². The summed E-state index contributed by atoms with van der Waals surface area (Å²) in [5.41, 5.74) is 3.23. The number of aromatic amines is 1. The van der Waals surface area contributed by atoms with E-state index < -0.39 is 6.10 Å². The molecular weight excluding hydrogens is 478 g/mol. The first-order valence-electron chi connectivity index (χ1n) is 11.6. The van der Waals surface area contributed by atoms with Crippen LogP contribution in [-0.2, 0) is 20.6 Å². The highest BCUT2D eigenvalue weighted by Crippen LogP contribution is 2.36. The molecule has 3 N–H and O–H groups in total. The summed E-state index contributed by atoms with van der Waals surface area (Å²) in [6.45, 7) is 1.57. The van der Waals surface area contributed by atoms with Crippen LogP contribution in [0.3, 0.4) is 0 Å². The molecular formula is C23H26ClN5O6. The number of anilines is 1. The average Bonchev–Trinajstić information content (AvgIpc) is 3.61. The second kappa shape index (κ2) is 9.40. The lowest BCUT2D eigenvalue weighted by Gasteiger charge is -2.15. The van der Waals surface area contributed by atoms with Gasteiger partial charge in [-0.3, -0.25) is 4.98 Å².